The highest BCUT2D eigenvalue weighted by molar-refractivity contribution is 9.10. The summed E-state index contributed by atoms with van der Waals surface area (Å²) in [6, 6.07) is 1.26. The van der Waals surface area contributed by atoms with Crippen LogP contribution in [0.5, 0.6) is 0 Å². The van der Waals surface area contributed by atoms with Crippen molar-refractivity contribution in [3.05, 3.63) is 32.5 Å². The van der Waals surface area contributed by atoms with Gasteiger partial charge in [0, 0.05) is 12.0 Å². The van der Waals surface area contributed by atoms with Crippen LogP contribution in [0.4, 0.5) is 10.1 Å². The molecule has 1 amide bonds. The maximum atomic E-state index is 13.8. The Morgan fingerprint density at radius 2 is 2.05 bits per heavy atom. The third-order valence-corrected chi connectivity index (χ3v) is 5.17. The minimum atomic E-state index is -4.46. The highest BCUT2D eigenvalue weighted by Gasteiger charge is 2.29. The van der Waals surface area contributed by atoms with Crippen molar-refractivity contribution in [3.63, 3.8) is 0 Å². The highest BCUT2D eigenvalue weighted by Crippen LogP contribution is 2.30. The van der Waals surface area contributed by atoms with Crippen molar-refractivity contribution in [1.29, 1.82) is 0 Å². The van der Waals surface area contributed by atoms with E-state index in [1.165, 1.54) is 0 Å². The molecule has 0 heterocycles. The summed E-state index contributed by atoms with van der Waals surface area (Å²) in [6.07, 6.45) is 2.20. The number of nitrogens with zero attached hydrogens (tertiary/aromatic N) is 1. The van der Waals surface area contributed by atoms with Crippen LogP contribution in [0.1, 0.15) is 19.3 Å². The predicted octanol–water partition coefficient (Wildman–Crippen LogP) is 1.61. The smallest absolute Gasteiger partial charge is 0.277 e. The zero-order valence-electron chi connectivity index (χ0n) is 11.0. The van der Waals surface area contributed by atoms with Gasteiger partial charge in [0.15, 0.2) is 0 Å². The van der Waals surface area contributed by atoms with Crippen LogP contribution in [0.15, 0.2) is 21.5 Å². The molecule has 0 unspecified atom stereocenters. The van der Waals surface area contributed by atoms with Crippen molar-refractivity contribution in [3.8, 4) is 0 Å². The molecule has 1 aliphatic carbocycles. The van der Waals surface area contributed by atoms with E-state index in [2.05, 4.69) is 15.9 Å². The summed E-state index contributed by atoms with van der Waals surface area (Å²) < 4.78 is 37.5. The van der Waals surface area contributed by atoms with E-state index in [1.54, 1.807) is 4.83 Å². The van der Waals surface area contributed by atoms with Crippen LogP contribution >= 0.6 is 15.9 Å². The highest BCUT2D eigenvalue weighted by atomic mass is 79.9. The van der Waals surface area contributed by atoms with Gasteiger partial charge in [0.05, 0.1) is 9.40 Å². The fourth-order valence-corrected chi connectivity index (χ4v) is 3.20. The predicted molar refractivity (Wildman–Crippen MR) is 76.6 cm³/mol. The molecule has 2 rings (SSSR count). The lowest BCUT2D eigenvalue weighted by Gasteiger charge is -2.23. The Bertz CT molecular complexity index is 735. The van der Waals surface area contributed by atoms with Crippen molar-refractivity contribution in [1.82, 2.24) is 10.3 Å². The average molecular weight is 396 g/mol. The number of hydrogen-bond donors (Lipinski definition) is 2. The first-order chi connectivity index (χ1) is 10.2. The topological polar surface area (TPSA) is 118 Å². The SMILES string of the molecule is O=C(NNS(=O)(=O)c1cc([N+](=O)[O-])c(Br)cc1F)C1CCC1. The second kappa shape index (κ2) is 6.26. The van der Waals surface area contributed by atoms with Crippen LogP contribution in [-0.4, -0.2) is 19.2 Å². The first-order valence-corrected chi connectivity index (χ1v) is 8.45. The minimum absolute atomic E-state index is 0.188. The molecular weight excluding hydrogens is 385 g/mol. The third-order valence-electron chi connectivity index (χ3n) is 3.27. The summed E-state index contributed by atoms with van der Waals surface area (Å²) in [5.41, 5.74) is 1.38. The Balaban J connectivity index is 2.23. The molecule has 0 aliphatic heterocycles. The summed E-state index contributed by atoms with van der Waals surface area (Å²) in [7, 11) is -4.46. The van der Waals surface area contributed by atoms with E-state index in [0.717, 1.165) is 6.42 Å². The van der Waals surface area contributed by atoms with Crippen molar-refractivity contribution >= 4 is 37.5 Å². The van der Waals surface area contributed by atoms with Crippen molar-refractivity contribution in [2.45, 2.75) is 24.2 Å². The lowest BCUT2D eigenvalue weighted by atomic mass is 9.85. The number of carbonyl (C=O) groups is 1. The normalized spacial score (nSPS) is 15.2. The minimum Gasteiger partial charge on any atom is -0.277 e. The molecule has 1 saturated carbocycles. The van der Waals surface area contributed by atoms with E-state index in [-0.39, 0.29) is 10.4 Å². The second-order valence-corrected chi connectivity index (χ2v) is 7.22. The van der Waals surface area contributed by atoms with E-state index in [4.69, 9.17) is 0 Å². The summed E-state index contributed by atoms with van der Waals surface area (Å²) in [5, 5.41) is 10.8. The number of rotatable bonds is 5. The standard InChI is InChI=1S/C11H11BrFN3O5S/c12-7-4-8(13)10(5-9(7)16(18)19)22(20,21)15-14-11(17)6-2-1-3-6/h4-6,15H,1-3H2,(H,14,17). The maximum Gasteiger partial charge on any atom is 0.285 e. The Labute approximate surface area is 133 Å². The Morgan fingerprint density at radius 1 is 1.41 bits per heavy atom. The molecule has 22 heavy (non-hydrogen) atoms. The molecule has 11 heteroatoms. The lowest BCUT2D eigenvalue weighted by Crippen LogP contribution is -2.46. The van der Waals surface area contributed by atoms with Crippen molar-refractivity contribution in [2.24, 2.45) is 5.92 Å². The molecule has 1 aromatic carbocycles. The Hall–Kier alpha value is -1.59. The van der Waals surface area contributed by atoms with E-state index in [9.17, 15) is 27.7 Å². The molecule has 1 fully saturated rings. The van der Waals surface area contributed by atoms with Gasteiger partial charge in [-0.3, -0.25) is 20.3 Å². The Kier molecular flexibility index (Phi) is 4.78. The van der Waals surface area contributed by atoms with Gasteiger partial charge in [-0.05, 0) is 34.8 Å². The molecule has 8 nitrogen and oxygen atoms in total. The largest absolute Gasteiger partial charge is 0.285 e. The number of sulfonamides is 1. The molecule has 2 N–H and O–H groups in total. The van der Waals surface area contributed by atoms with E-state index in [0.29, 0.717) is 25.0 Å². The number of nitro groups is 1. The van der Waals surface area contributed by atoms with Crippen LogP contribution in [0, 0.1) is 21.8 Å². The van der Waals surface area contributed by atoms with Crippen molar-refractivity contribution in [2.75, 3.05) is 0 Å². The summed E-state index contributed by atoms with van der Waals surface area (Å²) in [5.74, 6) is -1.96. The van der Waals surface area contributed by atoms with Gasteiger partial charge in [-0.1, -0.05) is 6.42 Å². The van der Waals surface area contributed by atoms with Gasteiger partial charge in [-0.15, -0.1) is 4.83 Å². The van der Waals surface area contributed by atoms with Gasteiger partial charge in [-0.25, -0.2) is 12.8 Å². The lowest BCUT2D eigenvalue weighted by molar-refractivity contribution is -0.385. The van der Waals surface area contributed by atoms with Gasteiger partial charge in [0.2, 0.25) is 5.91 Å². The molecule has 0 aromatic heterocycles. The molecule has 0 saturated heterocycles. The number of hydrazine groups is 1. The zero-order valence-corrected chi connectivity index (χ0v) is 13.4. The molecule has 0 spiro atoms. The molecule has 0 atom stereocenters. The monoisotopic (exact) mass is 395 g/mol. The Morgan fingerprint density at radius 3 is 2.55 bits per heavy atom. The molecular formula is C11H11BrFN3O5S. The van der Waals surface area contributed by atoms with Gasteiger partial charge in [0.1, 0.15) is 10.7 Å². The van der Waals surface area contributed by atoms with Gasteiger partial charge in [0.25, 0.3) is 15.7 Å². The van der Waals surface area contributed by atoms with Crippen LogP contribution in [0.2, 0.25) is 0 Å². The van der Waals surface area contributed by atoms with Gasteiger partial charge >= 0.3 is 0 Å². The number of hydrogen-bond acceptors (Lipinski definition) is 5. The number of carbonyl (C=O) groups excluding carboxylic acids is 1. The number of amides is 1. The van der Waals surface area contributed by atoms with Crippen LogP contribution in [-0.2, 0) is 14.8 Å². The summed E-state index contributed by atoms with van der Waals surface area (Å²) >= 11 is 2.78. The zero-order chi connectivity index (χ0) is 16.5. The molecule has 1 aliphatic rings. The summed E-state index contributed by atoms with van der Waals surface area (Å²) in [4.78, 5) is 22.3. The number of nitrogens with one attached hydrogen (secondary N) is 2. The molecule has 120 valence electrons. The number of nitro benzene ring substituents is 1. The molecule has 0 radical (unpaired) electrons. The second-order valence-electron chi connectivity index (χ2n) is 4.71. The van der Waals surface area contributed by atoms with E-state index in [1.807, 2.05) is 5.43 Å². The number of benzene rings is 1. The van der Waals surface area contributed by atoms with Gasteiger partial charge in [-0.2, -0.15) is 0 Å². The van der Waals surface area contributed by atoms with Gasteiger partial charge < -0.3 is 0 Å². The quantitative estimate of drug-likeness (QED) is 0.579. The van der Waals surface area contributed by atoms with Crippen LogP contribution < -0.4 is 10.3 Å². The fraction of sp³-hybridized carbons (Fsp3) is 0.364. The summed E-state index contributed by atoms with van der Waals surface area (Å²) in [6.45, 7) is 0. The first-order valence-electron chi connectivity index (χ1n) is 6.17. The maximum absolute atomic E-state index is 13.8. The first kappa shape index (κ1) is 16.8. The van der Waals surface area contributed by atoms with Crippen LogP contribution in [0.25, 0.3) is 0 Å². The average Bonchev–Trinajstić information content (AvgIpc) is 2.33. The van der Waals surface area contributed by atoms with Crippen molar-refractivity contribution < 1.29 is 22.5 Å². The third kappa shape index (κ3) is 3.42. The molecule has 1 aromatic rings. The fourth-order valence-electron chi connectivity index (χ4n) is 1.81. The van der Waals surface area contributed by atoms with Crippen LogP contribution in [0.3, 0.4) is 0 Å². The van der Waals surface area contributed by atoms with E-state index >= 15 is 0 Å². The number of halogens is 2. The van der Waals surface area contributed by atoms with E-state index < -0.39 is 37.3 Å². The molecule has 0 bridgehead atoms.